The van der Waals surface area contributed by atoms with Crippen LogP contribution in [0.15, 0.2) is 42.7 Å². The van der Waals surface area contributed by atoms with E-state index in [0.717, 1.165) is 0 Å². The number of aliphatic carboxylic acids is 1. The maximum absolute atomic E-state index is 12.1. The van der Waals surface area contributed by atoms with Gasteiger partial charge in [0.1, 0.15) is 6.04 Å². The molecule has 1 aromatic heterocycles. The number of carbonyl (C=O) groups is 2. The van der Waals surface area contributed by atoms with Crippen LogP contribution in [-0.4, -0.2) is 28.0 Å². The number of carboxylic acids is 1. The van der Waals surface area contributed by atoms with Crippen molar-refractivity contribution in [1.82, 2.24) is 10.3 Å². The normalized spacial score (nSPS) is 11.7. The Labute approximate surface area is 136 Å². The number of rotatable bonds is 5. The number of carboxylic acid groups (broad SMARTS) is 1. The molecule has 0 fully saturated rings. The molecule has 1 aromatic carbocycles. The summed E-state index contributed by atoms with van der Waals surface area (Å²) in [5.41, 5.74) is 0.805. The third kappa shape index (κ3) is 3.96. The molecule has 7 heteroatoms. The van der Waals surface area contributed by atoms with Crippen LogP contribution in [0.25, 0.3) is 0 Å². The highest BCUT2D eigenvalue weighted by molar-refractivity contribution is 6.36. The fourth-order valence-electron chi connectivity index (χ4n) is 1.88. The third-order valence-corrected chi connectivity index (χ3v) is 3.72. The predicted molar refractivity (Wildman–Crippen MR) is 83.3 cm³/mol. The second kappa shape index (κ2) is 7.24. The SMILES string of the molecule is O=C(N[C@H](Cc1c(Cl)cccc1Cl)C(=O)O)c1ccncc1. The molecule has 5 nitrogen and oxygen atoms in total. The molecular weight excluding hydrogens is 327 g/mol. The molecule has 0 saturated carbocycles. The topological polar surface area (TPSA) is 79.3 Å². The standard InChI is InChI=1S/C15H12Cl2N2O3/c16-11-2-1-3-12(17)10(11)8-13(15(21)22)19-14(20)9-4-6-18-7-5-9/h1-7,13H,8H2,(H,19,20)(H,21,22)/t13-/m1/s1. The molecule has 1 amide bonds. The van der Waals surface area contributed by atoms with Crippen LogP contribution in [0.2, 0.25) is 10.0 Å². The maximum Gasteiger partial charge on any atom is 0.326 e. The zero-order chi connectivity index (χ0) is 16.1. The first-order valence-corrected chi connectivity index (χ1v) is 7.11. The lowest BCUT2D eigenvalue weighted by Gasteiger charge is -2.16. The zero-order valence-corrected chi connectivity index (χ0v) is 12.8. The Bertz CT molecular complexity index is 672. The molecule has 114 valence electrons. The molecule has 2 rings (SSSR count). The first-order valence-electron chi connectivity index (χ1n) is 6.35. The molecule has 0 spiro atoms. The fraction of sp³-hybridized carbons (Fsp3) is 0.133. The minimum absolute atomic E-state index is 0.00926. The molecule has 0 aliphatic heterocycles. The van der Waals surface area contributed by atoms with E-state index < -0.39 is 17.9 Å². The van der Waals surface area contributed by atoms with Gasteiger partial charge in [0.15, 0.2) is 0 Å². The Morgan fingerprint density at radius 3 is 2.27 bits per heavy atom. The van der Waals surface area contributed by atoms with E-state index in [-0.39, 0.29) is 6.42 Å². The van der Waals surface area contributed by atoms with Gasteiger partial charge in [0.25, 0.3) is 5.91 Å². The molecule has 0 bridgehead atoms. The first kappa shape index (κ1) is 16.3. The first-order chi connectivity index (χ1) is 10.5. The van der Waals surface area contributed by atoms with Crippen molar-refractivity contribution in [3.63, 3.8) is 0 Å². The van der Waals surface area contributed by atoms with Crippen molar-refractivity contribution in [2.24, 2.45) is 0 Å². The summed E-state index contributed by atoms with van der Waals surface area (Å²) in [5, 5.41) is 12.5. The van der Waals surface area contributed by atoms with Gasteiger partial charge in [-0.05, 0) is 29.8 Å². The van der Waals surface area contributed by atoms with Crippen LogP contribution in [0, 0.1) is 0 Å². The van der Waals surface area contributed by atoms with E-state index in [4.69, 9.17) is 23.2 Å². The Morgan fingerprint density at radius 1 is 1.14 bits per heavy atom. The van der Waals surface area contributed by atoms with Gasteiger partial charge in [0.05, 0.1) is 0 Å². The van der Waals surface area contributed by atoms with Crippen molar-refractivity contribution in [3.05, 3.63) is 63.9 Å². The second-order valence-corrected chi connectivity index (χ2v) is 5.32. The van der Waals surface area contributed by atoms with Crippen molar-refractivity contribution in [1.29, 1.82) is 0 Å². The van der Waals surface area contributed by atoms with E-state index in [2.05, 4.69) is 10.3 Å². The minimum atomic E-state index is -1.17. The molecule has 22 heavy (non-hydrogen) atoms. The highest BCUT2D eigenvalue weighted by Crippen LogP contribution is 2.25. The van der Waals surface area contributed by atoms with Gasteiger partial charge >= 0.3 is 5.97 Å². The molecule has 0 aliphatic rings. The minimum Gasteiger partial charge on any atom is -0.480 e. The summed E-state index contributed by atoms with van der Waals surface area (Å²) >= 11 is 12.1. The molecule has 0 saturated heterocycles. The third-order valence-electron chi connectivity index (χ3n) is 3.02. The number of amides is 1. The second-order valence-electron chi connectivity index (χ2n) is 4.50. The summed E-state index contributed by atoms with van der Waals surface area (Å²) in [4.78, 5) is 27.2. The molecule has 1 heterocycles. The van der Waals surface area contributed by atoms with Gasteiger partial charge in [-0.15, -0.1) is 0 Å². The summed E-state index contributed by atoms with van der Waals surface area (Å²) in [5.74, 6) is -1.67. The van der Waals surface area contributed by atoms with E-state index in [1.54, 1.807) is 18.2 Å². The number of nitrogens with zero attached hydrogens (tertiary/aromatic N) is 1. The van der Waals surface area contributed by atoms with Crippen molar-refractivity contribution >= 4 is 35.1 Å². The van der Waals surface area contributed by atoms with Crippen LogP contribution in [0.5, 0.6) is 0 Å². The van der Waals surface area contributed by atoms with E-state index >= 15 is 0 Å². The number of nitrogens with one attached hydrogen (secondary N) is 1. The predicted octanol–water partition coefficient (Wildman–Crippen LogP) is 2.81. The smallest absolute Gasteiger partial charge is 0.326 e. The Kier molecular flexibility index (Phi) is 5.35. The number of hydrogen-bond acceptors (Lipinski definition) is 3. The summed E-state index contributed by atoms with van der Waals surface area (Å²) in [6.07, 6.45) is 2.90. The van der Waals surface area contributed by atoms with E-state index in [0.29, 0.717) is 21.2 Å². The summed E-state index contributed by atoms with van der Waals surface area (Å²) < 4.78 is 0. The van der Waals surface area contributed by atoms with E-state index in [1.165, 1.54) is 24.5 Å². The van der Waals surface area contributed by atoms with E-state index in [9.17, 15) is 14.7 Å². The number of aromatic nitrogens is 1. The molecule has 1 atom stereocenters. The lowest BCUT2D eigenvalue weighted by Crippen LogP contribution is -2.42. The lowest BCUT2D eigenvalue weighted by atomic mass is 10.1. The average Bonchev–Trinajstić information content (AvgIpc) is 2.50. The Morgan fingerprint density at radius 2 is 1.73 bits per heavy atom. The monoisotopic (exact) mass is 338 g/mol. The van der Waals surface area contributed by atoms with Gasteiger partial charge in [0, 0.05) is 34.4 Å². The van der Waals surface area contributed by atoms with Crippen LogP contribution in [-0.2, 0) is 11.2 Å². The number of halogens is 2. The maximum atomic E-state index is 12.1. The summed E-state index contributed by atoms with van der Waals surface area (Å²) in [6, 6.07) is 6.75. The Balaban J connectivity index is 2.18. The van der Waals surface area contributed by atoms with E-state index in [1.807, 2.05) is 0 Å². The number of hydrogen-bond donors (Lipinski definition) is 2. The van der Waals surface area contributed by atoms with Crippen LogP contribution in [0.4, 0.5) is 0 Å². The van der Waals surface area contributed by atoms with Crippen LogP contribution < -0.4 is 5.32 Å². The average molecular weight is 339 g/mol. The summed E-state index contributed by atoms with van der Waals surface area (Å²) in [6.45, 7) is 0. The molecular formula is C15H12Cl2N2O3. The lowest BCUT2D eigenvalue weighted by molar-refractivity contribution is -0.139. The highest BCUT2D eigenvalue weighted by atomic mass is 35.5. The van der Waals surface area contributed by atoms with Gasteiger partial charge in [0.2, 0.25) is 0 Å². The number of benzene rings is 1. The molecule has 2 aromatic rings. The van der Waals surface area contributed by atoms with Gasteiger partial charge in [-0.2, -0.15) is 0 Å². The van der Waals surface area contributed by atoms with Crippen molar-refractivity contribution in [2.45, 2.75) is 12.5 Å². The number of carbonyl (C=O) groups excluding carboxylic acids is 1. The van der Waals surface area contributed by atoms with Gasteiger partial charge in [-0.25, -0.2) is 4.79 Å². The zero-order valence-electron chi connectivity index (χ0n) is 11.3. The summed E-state index contributed by atoms with van der Waals surface area (Å²) in [7, 11) is 0. The molecule has 0 aliphatic carbocycles. The van der Waals surface area contributed by atoms with Crippen molar-refractivity contribution < 1.29 is 14.7 Å². The Hall–Kier alpha value is -2.11. The highest BCUT2D eigenvalue weighted by Gasteiger charge is 2.23. The molecule has 2 N–H and O–H groups in total. The van der Waals surface area contributed by atoms with Crippen molar-refractivity contribution in [3.8, 4) is 0 Å². The van der Waals surface area contributed by atoms with Crippen LogP contribution >= 0.6 is 23.2 Å². The van der Waals surface area contributed by atoms with Gasteiger partial charge in [-0.3, -0.25) is 9.78 Å². The van der Waals surface area contributed by atoms with Gasteiger partial charge in [-0.1, -0.05) is 29.3 Å². The molecule has 0 unspecified atom stereocenters. The van der Waals surface area contributed by atoms with Crippen molar-refractivity contribution in [2.75, 3.05) is 0 Å². The largest absolute Gasteiger partial charge is 0.480 e. The van der Waals surface area contributed by atoms with Crippen LogP contribution in [0.3, 0.4) is 0 Å². The number of pyridine rings is 1. The quantitative estimate of drug-likeness (QED) is 0.878. The van der Waals surface area contributed by atoms with Crippen LogP contribution in [0.1, 0.15) is 15.9 Å². The van der Waals surface area contributed by atoms with Gasteiger partial charge < -0.3 is 10.4 Å². The fourth-order valence-corrected chi connectivity index (χ4v) is 2.43. The molecule has 0 radical (unpaired) electrons.